The molecule has 0 saturated carbocycles. The highest BCUT2D eigenvalue weighted by atomic mass is 35.5. The van der Waals surface area contributed by atoms with E-state index in [1.54, 1.807) is 7.05 Å². The fraction of sp³-hybridized carbons (Fsp3) is 0.400. The Labute approximate surface area is 102 Å². The molecule has 0 aliphatic heterocycles. The van der Waals surface area contributed by atoms with E-state index in [9.17, 15) is 9.59 Å². The third-order valence-electron chi connectivity index (χ3n) is 1.91. The molecule has 1 aromatic rings. The van der Waals surface area contributed by atoms with Crippen LogP contribution in [-0.2, 0) is 14.1 Å². The zero-order chi connectivity index (χ0) is 12.1. The summed E-state index contributed by atoms with van der Waals surface area (Å²) in [5, 5.41) is 0. The van der Waals surface area contributed by atoms with Crippen LogP contribution in [0.15, 0.2) is 20.7 Å². The van der Waals surface area contributed by atoms with Crippen molar-refractivity contribution in [3.05, 3.63) is 27.0 Å². The lowest BCUT2D eigenvalue weighted by Crippen LogP contribution is -2.37. The highest BCUT2D eigenvalue weighted by molar-refractivity contribution is 7.99. The van der Waals surface area contributed by atoms with Crippen LogP contribution in [0, 0.1) is 11.8 Å². The number of nitrogens with zero attached hydrogens (tertiary/aromatic N) is 2. The van der Waals surface area contributed by atoms with Crippen LogP contribution in [0.3, 0.4) is 0 Å². The Hall–Kier alpha value is -1.12. The van der Waals surface area contributed by atoms with Gasteiger partial charge in [0.05, 0.1) is 16.5 Å². The van der Waals surface area contributed by atoms with Gasteiger partial charge < -0.3 is 4.57 Å². The van der Waals surface area contributed by atoms with Gasteiger partial charge in [0.1, 0.15) is 0 Å². The molecule has 0 amide bonds. The molecule has 16 heavy (non-hydrogen) atoms. The summed E-state index contributed by atoms with van der Waals surface area (Å²) < 4.78 is 2.45. The van der Waals surface area contributed by atoms with Crippen LogP contribution in [0.4, 0.5) is 0 Å². The van der Waals surface area contributed by atoms with Gasteiger partial charge in [-0.3, -0.25) is 9.36 Å². The van der Waals surface area contributed by atoms with Gasteiger partial charge in [0.15, 0.2) is 0 Å². The standard InChI is InChI=1S/C10H11ClN2O2S/c1-12-7-8(16-6-4-3-5-11)9(14)13(2)10(12)15/h7H,5-6H2,1-2H3. The van der Waals surface area contributed by atoms with Gasteiger partial charge >= 0.3 is 5.69 Å². The first kappa shape index (κ1) is 12.9. The summed E-state index contributed by atoms with van der Waals surface area (Å²) in [7, 11) is 3.06. The molecule has 86 valence electrons. The molecule has 6 heteroatoms. The quantitative estimate of drug-likeness (QED) is 0.439. The van der Waals surface area contributed by atoms with Crippen LogP contribution >= 0.6 is 23.4 Å². The minimum absolute atomic E-state index is 0.284. The molecule has 1 aromatic heterocycles. The molecule has 0 unspecified atom stereocenters. The Kier molecular flexibility index (Phi) is 4.71. The summed E-state index contributed by atoms with van der Waals surface area (Å²) in [6.45, 7) is 0. The normalized spacial score (nSPS) is 9.69. The number of hydrogen-bond acceptors (Lipinski definition) is 3. The first-order valence-corrected chi connectivity index (χ1v) is 6.01. The largest absolute Gasteiger partial charge is 0.330 e. The molecule has 0 radical (unpaired) electrons. The Morgan fingerprint density at radius 1 is 1.38 bits per heavy atom. The predicted octanol–water partition coefficient (Wildman–Crippen LogP) is 0.418. The molecule has 4 nitrogen and oxygen atoms in total. The zero-order valence-corrected chi connectivity index (χ0v) is 10.6. The van der Waals surface area contributed by atoms with E-state index in [1.165, 1.54) is 29.6 Å². The van der Waals surface area contributed by atoms with Gasteiger partial charge in [0, 0.05) is 20.3 Å². The first-order valence-electron chi connectivity index (χ1n) is 4.49. The average molecular weight is 259 g/mol. The fourth-order valence-electron chi connectivity index (χ4n) is 1.09. The second-order valence-corrected chi connectivity index (χ2v) is 4.31. The van der Waals surface area contributed by atoms with Crippen molar-refractivity contribution in [1.82, 2.24) is 9.13 Å². The summed E-state index contributed by atoms with van der Waals surface area (Å²) in [5.41, 5.74) is -0.623. The maximum absolute atomic E-state index is 11.7. The summed E-state index contributed by atoms with van der Waals surface area (Å²) >= 11 is 6.69. The van der Waals surface area contributed by atoms with Crippen molar-refractivity contribution in [3.8, 4) is 11.8 Å². The summed E-state index contributed by atoms with van der Waals surface area (Å²) in [5.74, 6) is 6.28. The van der Waals surface area contributed by atoms with Gasteiger partial charge in [-0.25, -0.2) is 4.79 Å². The Morgan fingerprint density at radius 2 is 2.06 bits per heavy atom. The second-order valence-electron chi connectivity index (χ2n) is 3.03. The van der Waals surface area contributed by atoms with Crippen molar-refractivity contribution in [2.75, 3.05) is 11.6 Å². The van der Waals surface area contributed by atoms with Gasteiger partial charge in [0.2, 0.25) is 0 Å². The van der Waals surface area contributed by atoms with Crippen LogP contribution in [-0.4, -0.2) is 20.8 Å². The number of halogens is 1. The second kappa shape index (κ2) is 5.83. The Morgan fingerprint density at radius 3 is 2.69 bits per heavy atom. The predicted molar refractivity (Wildman–Crippen MR) is 66.1 cm³/mol. The molecule has 0 bridgehead atoms. The molecule has 0 spiro atoms. The third kappa shape index (κ3) is 2.94. The van der Waals surface area contributed by atoms with E-state index in [-0.39, 0.29) is 17.1 Å². The molecule has 0 aliphatic rings. The summed E-state index contributed by atoms with van der Waals surface area (Å²) in [6.07, 6.45) is 1.53. The van der Waals surface area contributed by atoms with Gasteiger partial charge in [0.25, 0.3) is 5.56 Å². The lowest BCUT2D eigenvalue weighted by Gasteiger charge is -2.04. The van der Waals surface area contributed by atoms with Crippen LogP contribution in [0.5, 0.6) is 0 Å². The van der Waals surface area contributed by atoms with Crippen LogP contribution in [0.2, 0.25) is 0 Å². The van der Waals surface area contributed by atoms with Crippen molar-refractivity contribution < 1.29 is 0 Å². The SMILES string of the molecule is Cn1cc(SCC#CCCl)c(=O)n(C)c1=O. The van der Waals surface area contributed by atoms with Gasteiger partial charge in [-0.2, -0.15) is 0 Å². The van der Waals surface area contributed by atoms with Crippen LogP contribution in [0.1, 0.15) is 0 Å². The molecule has 0 aromatic carbocycles. The van der Waals surface area contributed by atoms with E-state index in [0.717, 1.165) is 4.57 Å². The van der Waals surface area contributed by atoms with E-state index >= 15 is 0 Å². The Balaban J connectivity index is 2.98. The van der Waals surface area contributed by atoms with Crippen LogP contribution in [0.25, 0.3) is 0 Å². The topological polar surface area (TPSA) is 44.0 Å². The highest BCUT2D eigenvalue weighted by Gasteiger charge is 2.05. The molecule has 1 heterocycles. The number of alkyl halides is 1. The lowest BCUT2D eigenvalue weighted by molar-refractivity contribution is 0.662. The van der Waals surface area contributed by atoms with Crippen molar-refractivity contribution >= 4 is 23.4 Å². The van der Waals surface area contributed by atoms with E-state index in [4.69, 9.17) is 11.6 Å². The molecule has 0 atom stereocenters. The first-order chi connectivity index (χ1) is 7.57. The molecule has 0 N–H and O–H groups in total. The summed E-state index contributed by atoms with van der Waals surface area (Å²) in [6, 6.07) is 0. The third-order valence-corrected chi connectivity index (χ3v) is 2.92. The maximum Gasteiger partial charge on any atom is 0.330 e. The van der Waals surface area contributed by atoms with E-state index < -0.39 is 0 Å². The minimum atomic E-state index is -0.332. The minimum Gasteiger partial charge on any atom is -0.302 e. The van der Waals surface area contributed by atoms with E-state index in [2.05, 4.69) is 11.8 Å². The van der Waals surface area contributed by atoms with Gasteiger partial charge in [-0.05, 0) is 0 Å². The zero-order valence-electron chi connectivity index (χ0n) is 8.99. The van der Waals surface area contributed by atoms with Crippen molar-refractivity contribution in [1.29, 1.82) is 0 Å². The van der Waals surface area contributed by atoms with Crippen LogP contribution < -0.4 is 11.2 Å². The fourth-order valence-corrected chi connectivity index (χ4v) is 2.00. The average Bonchev–Trinajstić information content (AvgIpc) is 2.28. The number of thioether (sulfide) groups is 1. The Bertz CT molecular complexity index is 551. The summed E-state index contributed by atoms with van der Waals surface area (Å²) in [4.78, 5) is 23.6. The lowest BCUT2D eigenvalue weighted by atomic mass is 10.6. The van der Waals surface area contributed by atoms with Crippen molar-refractivity contribution in [2.45, 2.75) is 4.90 Å². The van der Waals surface area contributed by atoms with Crippen molar-refractivity contribution in [3.63, 3.8) is 0 Å². The number of rotatable bonds is 2. The molecule has 0 fully saturated rings. The highest BCUT2D eigenvalue weighted by Crippen LogP contribution is 2.10. The molecule has 1 rings (SSSR count). The maximum atomic E-state index is 11.7. The van der Waals surface area contributed by atoms with Gasteiger partial charge in [-0.1, -0.05) is 11.8 Å². The molecule has 0 saturated heterocycles. The van der Waals surface area contributed by atoms with Crippen molar-refractivity contribution in [2.24, 2.45) is 14.1 Å². The van der Waals surface area contributed by atoms with E-state index in [0.29, 0.717) is 10.6 Å². The number of aryl methyl sites for hydroxylation is 1. The molecule has 0 aliphatic carbocycles. The number of aromatic nitrogens is 2. The molecular formula is C10H11ClN2O2S. The van der Waals surface area contributed by atoms with Gasteiger partial charge in [-0.15, -0.1) is 23.4 Å². The molecular weight excluding hydrogens is 248 g/mol. The monoisotopic (exact) mass is 258 g/mol. The van der Waals surface area contributed by atoms with E-state index in [1.807, 2.05) is 0 Å². The number of hydrogen-bond donors (Lipinski definition) is 0. The smallest absolute Gasteiger partial charge is 0.302 e.